The fourth-order valence-electron chi connectivity index (χ4n) is 1.74. The Morgan fingerprint density at radius 3 is 2.52 bits per heavy atom. The van der Waals surface area contributed by atoms with Crippen molar-refractivity contribution in [3.63, 3.8) is 0 Å². The molecule has 0 bridgehead atoms. The number of hydrogen-bond donors (Lipinski definition) is 0. The van der Waals surface area contributed by atoms with Crippen molar-refractivity contribution in [2.24, 2.45) is 0 Å². The molecule has 1 aromatic carbocycles. The van der Waals surface area contributed by atoms with E-state index in [2.05, 4.69) is 10.2 Å². The standard InChI is InChI=1S/C15H15N3O5/c1-9(2)8-13(19)22-10(3)14-16-17-15(23-14)11-4-6-12(7-5-11)18(20)21/h4-8,10H,1-3H3/t10-/m1/s1. The van der Waals surface area contributed by atoms with Crippen LogP contribution in [0.2, 0.25) is 0 Å². The molecule has 2 rings (SSSR count). The first-order valence-electron chi connectivity index (χ1n) is 6.80. The van der Waals surface area contributed by atoms with E-state index in [1.54, 1.807) is 20.8 Å². The Morgan fingerprint density at radius 2 is 1.96 bits per heavy atom. The average molecular weight is 317 g/mol. The molecule has 2 aromatic rings. The molecule has 0 unspecified atom stereocenters. The number of rotatable bonds is 5. The van der Waals surface area contributed by atoms with Gasteiger partial charge in [-0.15, -0.1) is 10.2 Å². The lowest BCUT2D eigenvalue weighted by molar-refractivity contribution is -0.384. The number of benzene rings is 1. The van der Waals surface area contributed by atoms with E-state index in [4.69, 9.17) is 9.15 Å². The molecule has 0 aliphatic carbocycles. The Labute approximate surface area is 131 Å². The molecule has 8 nitrogen and oxygen atoms in total. The summed E-state index contributed by atoms with van der Waals surface area (Å²) in [6.07, 6.45) is 0.668. The van der Waals surface area contributed by atoms with E-state index >= 15 is 0 Å². The van der Waals surface area contributed by atoms with Crippen LogP contribution in [0.3, 0.4) is 0 Å². The highest BCUT2D eigenvalue weighted by atomic mass is 16.6. The van der Waals surface area contributed by atoms with Crippen LogP contribution in [0.4, 0.5) is 5.69 Å². The zero-order chi connectivity index (χ0) is 17.0. The topological polar surface area (TPSA) is 108 Å². The van der Waals surface area contributed by atoms with Crippen LogP contribution in [0.1, 0.15) is 32.8 Å². The van der Waals surface area contributed by atoms with E-state index < -0.39 is 17.0 Å². The lowest BCUT2D eigenvalue weighted by Gasteiger charge is -2.07. The number of nitro benzene ring substituents is 1. The van der Waals surface area contributed by atoms with Gasteiger partial charge in [-0.25, -0.2) is 4.79 Å². The Hall–Kier alpha value is -3.03. The van der Waals surface area contributed by atoms with Crippen molar-refractivity contribution >= 4 is 11.7 Å². The van der Waals surface area contributed by atoms with Crippen molar-refractivity contribution in [1.29, 1.82) is 0 Å². The van der Waals surface area contributed by atoms with E-state index in [-0.39, 0.29) is 17.5 Å². The van der Waals surface area contributed by atoms with Crippen LogP contribution in [-0.2, 0) is 9.53 Å². The van der Waals surface area contributed by atoms with Crippen molar-refractivity contribution in [3.8, 4) is 11.5 Å². The third-order valence-electron chi connectivity index (χ3n) is 2.81. The van der Waals surface area contributed by atoms with Gasteiger partial charge in [0.25, 0.3) is 11.6 Å². The zero-order valence-corrected chi connectivity index (χ0v) is 12.8. The molecule has 0 radical (unpaired) electrons. The fraction of sp³-hybridized carbons (Fsp3) is 0.267. The summed E-state index contributed by atoms with van der Waals surface area (Å²) in [6.45, 7) is 5.18. The molecule has 0 amide bonds. The van der Waals surface area contributed by atoms with Crippen LogP contribution >= 0.6 is 0 Å². The van der Waals surface area contributed by atoms with Gasteiger partial charge in [0.2, 0.25) is 5.89 Å². The van der Waals surface area contributed by atoms with Crippen molar-refractivity contribution < 1.29 is 18.9 Å². The lowest BCUT2D eigenvalue weighted by Crippen LogP contribution is -2.06. The second-order valence-corrected chi connectivity index (χ2v) is 5.05. The van der Waals surface area contributed by atoms with Gasteiger partial charge < -0.3 is 9.15 Å². The Balaban J connectivity index is 2.12. The van der Waals surface area contributed by atoms with Crippen LogP contribution in [-0.4, -0.2) is 21.1 Å². The maximum atomic E-state index is 11.6. The normalized spacial score (nSPS) is 11.6. The number of aromatic nitrogens is 2. The molecule has 8 heteroatoms. The molecule has 120 valence electrons. The molecule has 0 saturated heterocycles. The summed E-state index contributed by atoms with van der Waals surface area (Å²) in [5, 5.41) is 18.3. The van der Waals surface area contributed by atoms with Gasteiger partial charge in [0, 0.05) is 23.8 Å². The first-order chi connectivity index (χ1) is 10.9. The van der Waals surface area contributed by atoms with Crippen molar-refractivity contribution in [1.82, 2.24) is 10.2 Å². The third kappa shape index (κ3) is 4.22. The highest BCUT2D eigenvalue weighted by Gasteiger charge is 2.18. The second-order valence-electron chi connectivity index (χ2n) is 5.05. The van der Waals surface area contributed by atoms with Crippen LogP contribution in [0.15, 0.2) is 40.3 Å². The predicted octanol–water partition coefficient (Wildman–Crippen LogP) is 3.22. The van der Waals surface area contributed by atoms with Crippen LogP contribution < -0.4 is 0 Å². The summed E-state index contributed by atoms with van der Waals surface area (Å²) >= 11 is 0. The van der Waals surface area contributed by atoms with Gasteiger partial charge in [0.1, 0.15) is 0 Å². The largest absolute Gasteiger partial charge is 0.449 e. The van der Waals surface area contributed by atoms with E-state index in [0.29, 0.717) is 5.56 Å². The second kappa shape index (κ2) is 6.82. The summed E-state index contributed by atoms with van der Waals surface area (Å²) in [6, 6.07) is 5.71. The number of non-ortho nitro benzene ring substituents is 1. The summed E-state index contributed by atoms with van der Waals surface area (Å²) in [5.74, 6) is -0.151. The number of esters is 1. The molecule has 0 saturated carbocycles. The van der Waals surface area contributed by atoms with E-state index in [1.807, 2.05) is 0 Å². The molecular weight excluding hydrogens is 302 g/mol. The molecule has 1 heterocycles. The molecule has 1 atom stereocenters. The number of nitro groups is 1. The highest BCUT2D eigenvalue weighted by Crippen LogP contribution is 2.24. The molecule has 23 heavy (non-hydrogen) atoms. The number of ether oxygens (including phenoxy) is 1. The Bertz CT molecular complexity index is 745. The van der Waals surface area contributed by atoms with Gasteiger partial charge in [-0.05, 0) is 32.9 Å². The van der Waals surface area contributed by atoms with Crippen molar-refractivity contribution in [2.75, 3.05) is 0 Å². The maximum Gasteiger partial charge on any atom is 0.331 e. The first-order valence-corrected chi connectivity index (χ1v) is 6.80. The average Bonchev–Trinajstić information content (AvgIpc) is 2.96. The van der Waals surface area contributed by atoms with Crippen LogP contribution in [0.25, 0.3) is 11.5 Å². The number of carbonyl (C=O) groups is 1. The smallest absolute Gasteiger partial charge is 0.331 e. The lowest BCUT2D eigenvalue weighted by atomic mass is 10.2. The quantitative estimate of drug-likeness (QED) is 0.360. The van der Waals surface area contributed by atoms with E-state index in [1.165, 1.54) is 30.3 Å². The summed E-state index contributed by atoms with van der Waals surface area (Å²) in [5.41, 5.74) is 1.33. The van der Waals surface area contributed by atoms with Gasteiger partial charge in [-0.2, -0.15) is 0 Å². The molecule has 0 spiro atoms. The SMILES string of the molecule is CC(C)=CC(=O)O[C@H](C)c1nnc(-c2ccc([N+](=O)[O-])cc2)o1. The first kappa shape index (κ1) is 16.3. The monoisotopic (exact) mass is 317 g/mol. The molecule has 0 aliphatic heterocycles. The molecule has 0 aliphatic rings. The number of nitrogens with zero attached hydrogens (tertiary/aromatic N) is 3. The number of carbonyl (C=O) groups excluding carboxylic acids is 1. The number of hydrogen-bond acceptors (Lipinski definition) is 7. The molecule has 0 N–H and O–H groups in total. The molecule has 0 fully saturated rings. The fourth-order valence-corrected chi connectivity index (χ4v) is 1.74. The maximum absolute atomic E-state index is 11.6. The van der Waals surface area contributed by atoms with Gasteiger partial charge in [-0.3, -0.25) is 10.1 Å². The number of allylic oxidation sites excluding steroid dienone is 1. The van der Waals surface area contributed by atoms with Gasteiger partial charge >= 0.3 is 5.97 Å². The van der Waals surface area contributed by atoms with Crippen LogP contribution in [0, 0.1) is 10.1 Å². The third-order valence-corrected chi connectivity index (χ3v) is 2.81. The van der Waals surface area contributed by atoms with Gasteiger partial charge in [0.15, 0.2) is 6.10 Å². The van der Waals surface area contributed by atoms with Crippen molar-refractivity contribution in [3.05, 3.63) is 51.9 Å². The minimum atomic E-state index is -0.697. The minimum Gasteiger partial charge on any atom is -0.449 e. The summed E-state index contributed by atoms with van der Waals surface area (Å²) in [4.78, 5) is 21.7. The van der Waals surface area contributed by atoms with Gasteiger partial charge in [0.05, 0.1) is 4.92 Å². The highest BCUT2D eigenvalue weighted by molar-refractivity contribution is 5.82. The summed E-state index contributed by atoms with van der Waals surface area (Å²) in [7, 11) is 0. The summed E-state index contributed by atoms with van der Waals surface area (Å²) < 4.78 is 10.6. The molecule has 1 aromatic heterocycles. The van der Waals surface area contributed by atoms with E-state index in [0.717, 1.165) is 5.57 Å². The minimum absolute atomic E-state index is 0.0301. The zero-order valence-electron chi connectivity index (χ0n) is 12.8. The van der Waals surface area contributed by atoms with Crippen molar-refractivity contribution in [2.45, 2.75) is 26.9 Å². The Kier molecular flexibility index (Phi) is 4.85. The molecular formula is C15H15N3O5. The van der Waals surface area contributed by atoms with Crippen LogP contribution in [0.5, 0.6) is 0 Å². The van der Waals surface area contributed by atoms with E-state index in [9.17, 15) is 14.9 Å². The van der Waals surface area contributed by atoms with Gasteiger partial charge in [-0.1, -0.05) is 5.57 Å². The predicted molar refractivity (Wildman–Crippen MR) is 80.3 cm³/mol. The Morgan fingerprint density at radius 1 is 1.30 bits per heavy atom.